The van der Waals surface area contributed by atoms with E-state index in [-0.39, 0.29) is 22.5 Å². The molecule has 1 rings (SSSR count). The fraction of sp³-hybridized carbons (Fsp3) is 1.00. The van der Waals surface area contributed by atoms with E-state index in [0.29, 0.717) is 5.92 Å². The second-order valence-corrected chi connectivity index (χ2v) is 6.99. The van der Waals surface area contributed by atoms with Gasteiger partial charge in [-0.1, -0.05) is 27.7 Å². The molecule has 1 aliphatic carbocycles. The highest BCUT2D eigenvalue weighted by atomic mass is 16.5. The molecule has 0 radical (unpaired) electrons. The molecule has 0 aliphatic heterocycles. The van der Waals surface area contributed by atoms with E-state index in [0.717, 1.165) is 12.8 Å². The van der Waals surface area contributed by atoms with E-state index in [4.69, 9.17) is 4.74 Å². The second kappa shape index (κ2) is 3.99. The fourth-order valence-electron chi connectivity index (χ4n) is 2.97. The van der Waals surface area contributed by atoms with Gasteiger partial charge in [0.25, 0.3) is 0 Å². The normalized spacial score (nSPS) is 25.5. The number of rotatable bonds is 5. The standard InChI is InChI=1S/C14H28O2/c1-12(2,16-7)9-8-10(15)11-13(3,4)14(11,5)6/h10-11,15H,8-9H2,1-7H3. The predicted molar refractivity (Wildman–Crippen MR) is 67.4 cm³/mol. The summed E-state index contributed by atoms with van der Waals surface area (Å²) in [6.07, 6.45) is 1.55. The zero-order valence-electron chi connectivity index (χ0n) is 11.9. The monoisotopic (exact) mass is 228 g/mol. The van der Waals surface area contributed by atoms with Crippen LogP contribution in [0.15, 0.2) is 0 Å². The van der Waals surface area contributed by atoms with Gasteiger partial charge in [-0.05, 0) is 43.4 Å². The molecule has 0 saturated heterocycles. The van der Waals surface area contributed by atoms with Gasteiger partial charge in [0.2, 0.25) is 0 Å². The molecule has 0 spiro atoms. The summed E-state index contributed by atoms with van der Waals surface area (Å²) in [5, 5.41) is 10.3. The van der Waals surface area contributed by atoms with Crippen molar-refractivity contribution >= 4 is 0 Å². The summed E-state index contributed by atoms with van der Waals surface area (Å²) in [5.41, 5.74) is 0.414. The van der Waals surface area contributed by atoms with Crippen LogP contribution in [-0.4, -0.2) is 23.9 Å². The predicted octanol–water partition coefficient (Wildman–Crippen LogP) is 3.23. The van der Waals surface area contributed by atoms with Gasteiger partial charge in [-0.15, -0.1) is 0 Å². The third-order valence-electron chi connectivity index (χ3n) is 5.11. The maximum atomic E-state index is 10.3. The molecule has 2 heteroatoms. The van der Waals surface area contributed by atoms with E-state index < -0.39 is 0 Å². The van der Waals surface area contributed by atoms with Gasteiger partial charge in [0, 0.05) is 7.11 Å². The lowest BCUT2D eigenvalue weighted by atomic mass is 9.95. The fourth-order valence-corrected chi connectivity index (χ4v) is 2.97. The molecule has 96 valence electrons. The molecule has 1 saturated carbocycles. The first-order valence-electron chi connectivity index (χ1n) is 6.29. The number of hydrogen-bond donors (Lipinski definition) is 1. The van der Waals surface area contributed by atoms with Crippen molar-refractivity contribution in [2.45, 2.75) is 66.1 Å². The van der Waals surface area contributed by atoms with Crippen LogP contribution in [-0.2, 0) is 4.74 Å². The molecule has 0 heterocycles. The summed E-state index contributed by atoms with van der Waals surface area (Å²) in [6, 6.07) is 0. The van der Waals surface area contributed by atoms with Gasteiger partial charge in [-0.25, -0.2) is 0 Å². The molecule has 2 nitrogen and oxygen atoms in total. The Labute approximate surface area is 100 Å². The van der Waals surface area contributed by atoms with Crippen molar-refractivity contribution in [1.29, 1.82) is 0 Å². The highest BCUT2D eigenvalue weighted by Crippen LogP contribution is 2.70. The number of hydrogen-bond acceptors (Lipinski definition) is 2. The summed E-state index contributed by atoms with van der Waals surface area (Å²) in [4.78, 5) is 0. The van der Waals surface area contributed by atoms with Gasteiger partial charge in [-0.3, -0.25) is 0 Å². The molecular formula is C14H28O2. The summed E-state index contributed by atoms with van der Waals surface area (Å²) in [6.45, 7) is 13.2. The van der Waals surface area contributed by atoms with Crippen LogP contribution in [0.2, 0.25) is 0 Å². The Bertz CT molecular complexity index is 239. The van der Waals surface area contributed by atoms with Gasteiger partial charge < -0.3 is 9.84 Å². The second-order valence-electron chi connectivity index (χ2n) is 6.99. The van der Waals surface area contributed by atoms with Crippen LogP contribution in [0, 0.1) is 16.7 Å². The third-order valence-corrected chi connectivity index (χ3v) is 5.11. The van der Waals surface area contributed by atoms with Gasteiger partial charge in [0.15, 0.2) is 0 Å². The highest BCUT2D eigenvalue weighted by Gasteiger charge is 2.66. The van der Waals surface area contributed by atoms with Crippen LogP contribution < -0.4 is 0 Å². The largest absolute Gasteiger partial charge is 0.393 e. The molecule has 1 aliphatic rings. The number of methoxy groups -OCH3 is 1. The number of aliphatic hydroxyl groups excluding tert-OH is 1. The van der Waals surface area contributed by atoms with Crippen molar-refractivity contribution in [3.05, 3.63) is 0 Å². The summed E-state index contributed by atoms with van der Waals surface area (Å²) >= 11 is 0. The summed E-state index contributed by atoms with van der Waals surface area (Å²) in [7, 11) is 1.73. The van der Waals surface area contributed by atoms with E-state index in [1.165, 1.54) is 0 Å². The molecule has 1 unspecified atom stereocenters. The third kappa shape index (κ3) is 2.28. The first kappa shape index (κ1) is 14.0. The molecular weight excluding hydrogens is 200 g/mol. The molecule has 16 heavy (non-hydrogen) atoms. The maximum absolute atomic E-state index is 10.3. The Morgan fingerprint density at radius 1 is 1.19 bits per heavy atom. The van der Waals surface area contributed by atoms with Crippen molar-refractivity contribution in [3.8, 4) is 0 Å². The first-order chi connectivity index (χ1) is 7.06. The lowest BCUT2D eigenvalue weighted by Crippen LogP contribution is -2.26. The van der Waals surface area contributed by atoms with Crippen molar-refractivity contribution in [1.82, 2.24) is 0 Å². The number of aliphatic hydroxyl groups is 1. The summed E-state index contributed by atoms with van der Waals surface area (Å²) in [5.74, 6) is 0.424. The van der Waals surface area contributed by atoms with Gasteiger partial charge >= 0.3 is 0 Å². The zero-order chi connectivity index (χ0) is 12.8. The van der Waals surface area contributed by atoms with Crippen LogP contribution in [0.1, 0.15) is 54.4 Å². The smallest absolute Gasteiger partial charge is 0.0623 e. The van der Waals surface area contributed by atoms with Crippen LogP contribution >= 0.6 is 0 Å². The van der Waals surface area contributed by atoms with Gasteiger partial charge in [0.1, 0.15) is 0 Å². The molecule has 1 fully saturated rings. The molecule has 0 amide bonds. The van der Waals surface area contributed by atoms with Crippen molar-refractivity contribution < 1.29 is 9.84 Å². The van der Waals surface area contributed by atoms with Crippen LogP contribution in [0.4, 0.5) is 0 Å². The number of ether oxygens (including phenoxy) is 1. The minimum absolute atomic E-state index is 0.121. The molecule has 0 bridgehead atoms. The molecule has 0 aromatic carbocycles. The van der Waals surface area contributed by atoms with E-state index in [1.807, 2.05) is 0 Å². The van der Waals surface area contributed by atoms with Crippen molar-refractivity contribution in [2.75, 3.05) is 7.11 Å². The molecule has 0 aromatic heterocycles. The SMILES string of the molecule is COC(C)(C)CCC(O)C1C(C)(C)C1(C)C. The Kier molecular flexibility index (Phi) is 3.49. The summed E-state index contributed by atoms with van der Waals surface area (Å²) < 4.78 is 5.38. The molecule has 1 atom stereocenters. The Morgan fingerprint density at radius 2 is 1.62 bits per heavy atom. The maximum Gasteiger partial charge on any atom is 0.0623 e. The molecule has 1 N–H and O–H groups in total. The van der Waals surface area contributed by atoms with Gasteiger partial charge in [-0.2, -0.15) is 0 Å². The van der Waals surface area contributed by atoms with E-state index in [1.54, 1.807) is 7.11 Å². The Morgan fingerprint density at radius 3 is 1.94 bits per heavy atom. The Hall–Kier alpha value is -0.0800. The highest BCUT2D eigenvalue weighted by molar-refractivity contribution is 5.14. The quantitative estimate of drug-likeness (QED) is 0.783. The minimum atomic E-state index is -0.195. The van der Waals surface area contributed by atoms with Crippen molar-refractivity contribution in [2.24, 2.45) is 16.7 Å². The average Bonchev–Trinajstić information content (AvgIpc) is 2.54. The topological polar surface area (TPSA) is 29.5 Å². The Balaban J connectivity index is 2.47. The molecule has 0 aromatic rings. The van der Waals surface area contributed by atoms with E-state index in [9.17, 15) is 5.11 Å². The lowest BCUT2D eigenvalue weighted by Gasteiger charge is -2.24. The lowest BCUT2D eigenvalue weighted by molar-refractivity contribution is -0.00133. The van der Waals surface area contributed by atoms with Crippen LogP contribution in [0.5, 0.6) is 0 Å². The first-order valence-corrected chi connectivity index (χ1v) is 6.29. The average molecular weight is 228 g/mol. The van der Waals surface area contributed by atoms with Crippen molar-refractivity contribution in [3.63, 3.8) is 0 Å². The van der Waals surface area contributed by atoms with Crippen LogP contribution in [0.3, 0.4) is 0 Å². The van der Waals surface area contributed by atoms with Gasteiger partial charge in [0.05, 0.1) is 11.7 Å². The minimum Gasteiger partial charge on any atom is -0.393 e. The van der Waals surface area contributed by atoms with E-state index >= 15 is 0 Å². The zero-order valence-corrected chi connectivity index (χ0v) is 11.9. The van der Waals surface area contributed by atoms with E-state index in [2.05, 4.69) is 41.5 Å². The van der Waals surface area contributed by atoms with Crippen LogP contribution in [0.25, 0.3) is 0 Å².